The molecule has 0 spiro atoms. The Morgan fingerprint density at radius 2 is 1.94 bits per heavy atom. The molecular formula is C22H31Cl3N4O2. The molecule has 0 bridgehead atoms. The number of rotatable bonds is 7. The number of halogens is 3. The van der Waals surface area contributed by atoms with Gasteiger partial charge in [-0.3, -0.25) is 4.79 Å². The molecule has 31 heavy (non-hydrogen) atoms. The molecule has 9 heteroatoms. The van der Waals surface area contributed by atoms with Gasteiger partial charge in [-0.05, 0) is 75.5 Å². The number of likely N-dealkylation sites (tertiary alicyclic amines) is 1. The summed E-state index contributed by atoms with van der Waals surface area (Å²) >= 11 is 5.85. The van der Waals surface area contributed by atoms with E-state index in [2.05, 4.69) is 34.4 Å². The van der Waals surface area contributed by atoms with Crippen LogP contribution < -0.4 is 10.6 Å². The maximum atomic E-state index is 12.8. The van der Waals surface area contributed by atoms with E-state index in [4.69, 9.17) is 11.6 Å². The standard InChI is InChI=1S/C22H29ClN4O2.2ClH/c1-15(2)27-9-7-16(8-10-27)12-24-20-11-17(14-28)3-5-19(20)22(29)26-21-6-4-18(23)13-25-21;;/h3-6,11,13,15-16,24,28H,7-10,12,14H2,1-2H3,(H,25,26,29);2*1H. The fourth-order valence-electron chi connectivity index (χ4n) is 3.60. The fraction of sp³-hybridized carbons (Fsp3) is 0.455. The normalized spacial score (nSPS) is 14.5. The van der Waals surface area contributed by atoms with Crippen molar-refractivity contribution in [3.8, 4) is 0 Å². The Labute approximate surface area is 201 Å². The van der Waals surface area contributed by atoms with Crippen LogP contribution in [-0.2, 0) is 6.61 Å². The van der Waals surface area contributed by atoms with Gasteiger partial charge in [0, 0.05) is 24.5 Å². The second-order valence-corrected chi connectivity index (χ2v) is 8.24. The zero-order valence-corrected chi connectivity index (χ0v) is 20.2. The molecule has 3 N–H and O–H groups in total. The molecule has 1 fully saturated rings. The Kier molecular flexibility index (Phi) is 11.6. The van der Waals surface area contributed by atoms with Crippen molar-refractivity contribution < 1.29 is 9.90 Å². The van der Waals surface area contributed by atoms with Crippen LogP contribution in [0.1, 0.15) is 42.6 Å². The molecule has 0 radical (unpaired) electrons. The van der Waals surface area contributed by atoms with Crippen LogP contribution in [0.5, 0.6) is 0 Å². The number of nitrogens with one attached hydrogen (secondary N) is 2. The quantitative estimate of drug-likeness (QED) is 0.518. The number of anilines is 2. The smallest absolute Gasteiger partial charge is 0.258 e. The lowest BCUT2D eigenvalue weighted by molar-refractivity contribution is 0.102. The van der Waals surface area contributed by atoms with Crippen LogP contribution >= 0.6 is 36.4 Å². The van der Waals surface area contributed by atoms with E-state index < -0.39 is 0 Å². The Hall–Kier alpha value is -1.57. The van der Waals surface area contributed by atoms with Gasteiger partial charge in [0.25, 0.3) is 5.91 Å². The SMILES string of the molecule is CC(C)N1CCC(CNc2cc(CO)ccc2C(=O)Nc2ccc(Cl)cn2)CC1.Cl.Cl. The maximum Gasteiger partial charge on any atom is 0.258 e. The van der Waals surface area contributed by atoms with E-state index in [0.717, 1.165) is 43.7 Å². The van der Waals surface area contributed by atoms with Gasteiger partial charge in [-0.25, -0.2) is 4.98 Å². The highest BCUT2D eigenvalue weighted by Gasteiger charge is 2.21. The van der Waals surface area contributed by atoms with Crippen LogP contribution in [0.2, 0.25) is 5.02 Å². The number of aromatic nitrogens is 1. The Bertz CT molecular complexity index is 826. The third-order valence-electron chi connectivity index (χ3n) is 5.44. The second-order valence-electron chi connectivity index (χ2n) is 7.81. The lowest BCUT2D eigenvalue weighted by Crippen LogP contribution is -2.39. The molecule has 2 aromatic rings. The summed E-state index contributed by atoms with van der Waals surface area (Å²) in [5.41, 5.74) is 2.02. The number of aliphatic hydroxyl groups excluding tert-OH is 1. The minimum Gasteiger partial charge on any atom is -0.392 e. The molecule has 3 rings (SSSR count). The van der Waals surface area contributed by atoms with Crippen LogP contribution in [0.4, 0.5) is 11.5 Å². The number of benzene rings is 1. The third kappa shape index (κ3) is 7.81. The van der Waals surface area contributed by atoms with Gasteiger partial charge in [-0.1, -0.05) is 17.7 Å². The predicted molar refractivity (Wildman–Crippen MR) is 132 cm³/mol. The summed E-state index contributed by atoms with van der Waals surface area (Å²) in [5, 5.41) is 16.3. The van der Waals surface area contributed by atoms with E-state index in [-0.39, 0.29) is 37.3 Å². The lowest BCUT2D eigenvalue weighted by Gasteiger charge is -2.34. The molecule has 1 amide bonds. The number of carbonyl (C=O) groups is 1. The molecule has 1 aliphatic rings. The highest BCUT2D eigenvalue weighted by molar-refractivity contribution is 6.30. The van der Waals surface area contributed by atoms with E-state index in [9.17, 15) is 9.90 Å². The van der Waals surface area contributed by atoms with Gasteiger partial charge in [0.05, 0.1) is 17.2 Å². The van der Waals surface area contributed by atoms with Crippen molar-refractivity contribution in [3.05, 3.63) is 52.7 Å². The zero-order chi connectivity index (χ0) is 20.8. The minimum atomic E-state index is -0.249. The average Bonchev–Trinajstić information content (AvgIpc) is 2.73. The molecule has 0 atom stereocenters. The molecule has 2 heterocycles. The predicted octanol–water partition coefficient (Wildman–Crippen LogP) is 4.86. The van der Waals surface area contributed by atoms with Crippen molar-refractivity contribution >= 4 is 53.8 Å². The molecule has 172 valence electrons. The van der Waals surface area contributed by atoms with Crippen molar-refractivity contribution in [1.82, 2.24) is 9.88 Å². The highest BCUT2D eigenvalue weighted by atomic mass is 35.5. The minimum absolute atomic E-state index is 0. The number of pyridine rings is 1. The summed E-state index contributed by atoms with van der Waals surface area (Å²) in [6.07, 6.45) is 3.77. The van der Waals surface area contributed by atoms with Gasteiger partial charge < -0.3 is 20.6 Å². The fourth-order valence-corrected chi connectivity index (χ4v) is 3.71. The van der Waals surface area contributed by atoms with Crippen molar-refractivity contribution in [1.29, 1.82) is 0 Å². The first-order chi connectivity index (χ1) is 14.0. The number of amides is 1. The molecule has 0 saturated carbocycles. The molecule has 0 unspecified atom stereocenters. The summed E-state index contributed by atoms with van der Waals surface area (Å²) in [7, 11) is 0. The average molecular weight is 490 g/mol. The van der Waals surface area contributed by atoms with Crippen molar-refractivity contribution in [3.63, 3.8) is 0 Å². The molecule has 1 saturated heterocycles. The Morgan fingerprint density at radius 1 is 1.23 bits per heavy atom. The molecule has 1 aromatic carbocycles. The lowest BCUT2D eigenvalue weighted by atomic mass is 9.95. The number of hydrogen-bond donors (Lipinski definition) is 3. The number of aliphatic hydroxyl groups is 1. The van der Waals surface area contributed by atoms with Gasteiger partial charge in [0.15, 0.2) is 0 Å². The van der Waals surface area contributed by atoms with Crippen LogP contribution in [0.3, 0.4) is 0 Å². The maximum absolute atomic E-state index is 12.8. The molecule has 1 aliphatic heterocycles. The molecule has 1 aromatic heterocycles. The van der Waals surface area contributed by atoms with E-state index >= 15 is 0 Å². The third-order valence-corrected chi connectivity index (χ3v) is 5.66. The largest absolute Gasteiger partial charge is 0.392 e. The summed E-state index contributed by atoms with van der Waals surface area (Å²) in [5.74, 6) is 0.760. The van der Waals surface area contributed by atoms with E-state index in [1.807, 2.05) is 6.07 Å². The van der Waals surface area contributed by atoms with Gasteiger partial charge in [-0.15, -0.1) is 24.8 Å². The van der Waals surface area contributed by atoms with Crippen LogP contribution in [0, 0.1) is 5.92 Å². The summed E-state index contributed by atoms with van der Waals surface area (Å²) in [6.45, 7) is 7.42. The molecule has 6 nitrogen and oxygen atoms in total. The van der Waals surface area contributed by atoms with Crippen molar-refractivity contribution in [2.24, 2.45) is 5.92 Å². The van der Waals surface area contributed by atoms with Gasteiger partial charge in [0.1, 0.15) is 5.82 Å². The summed E-state index contributed by atoms with van der Waals surface area (Å²) in [6, 6.07) is 9.27. The topological polar surface area (TPSA) is 77.5 Å². The molecule has 0 aliphatic carbocycles. The van der Waals surface area contributed by atoms with Crippen molar-refractivity contribution in [2.45, 2.75) is 39.3 Å². The van der Waals surface area contributed by atoms with Gasteiger partial charge in [0.2, 0.25) is 0 Å². The number of piperidine rings is 1. The summed E-state index contributed by atoms with van der Waals surface area (Å²) in [4.78, 5) is 19.4. The van der Waals surface area contributed by atoms with Crippen LogP contribution in [0.25, 0.3) is 0 Å². The Balaban J connectivity index is 0.00000240. The highest BCUT2D eigenvalue weighted by Crippen LogP contribution is 2.23. The molecular weight excluding hydrogens is 459 g/mol. The first kappa shape index (κ1) is 27.5. The van der Waals surface area contributed by atoms with E-state index in [0.29, 0.717) is 28.4 Å². The first-order valence-corrected chi connectivity index (χ1v) is 10.5. The van der Waals surface area contributed by atoms with E-state index in [1.165, 1.54) is 6.20 Å². The van der Waals surface area contributed by atoms with Crippen LogP contribution in [0.15, 0.2) is 36.5 Å². The Morgan fingerprint density at radius 3 is 2.52 bits per heavy atom. The van der Waals surface area contributed by atoms with Crippen LogP contribution in [-0.4, -0.2) is 46.6 Å². The number of nitrogens with zero attached hydrogens (tertiary/aromatic N) is 2. The zero-order valence-electron chi connectivity index (χ0n) is 17.8. The first-order valence-electron chi connectivity index (χ1n) is 10.1. The van der Waals surface area contributed by atoms with Gasteiger partial charge in [-0.2, -0.15) is 0 Å². The second kappa shape index (κ2) is 13.1. The number of hydrogen-bond acceptors (Lipinski definition) is 5. The van der Waals surface area contributed by atoms with Crippen molar-refractivity contribution in [2.75, 3.05) is 30.3 Å². The van der Waals surface area contributed by atoms with Gasteiger partial charge >= 0.3 is 0 Å². The number of carbonyl (C=O) groups excluding carboxylic acids is 1. The monoisotopic (exact) mass is 488 g/mol. The van der Waals surface area contributed by atoms with E-state index in [1.54, 1.807) is 24.3 Å². The summed E-state index contributed by atoms with van der Waals surface area (Å²) < 4.78 is 0.